The number of rotatable bonds is 7. The van der Waals surface area contributed by atoms with E-state index in [-0.39, 0.29) is 17.8 Å². The Hall–Kier alpha value is -2.62. The standard InChI is InChI=1S/C15H18N4O5S/c1-9(2)5-6-25-12-4-3-10(7-11(12)19(23)24)14(21)17-18-8-13(20)16-15(18)22/h3-4,7,9H,5-6,8H2,1-2H3,(H,17,21)(H,16,20,22). The maximum atomic E-state index is 12.2. The zero-order valence-electron chi connectivity index (χ0n) is 13.8. The van der Waals surface area contributed by atoms with Gasteiger partial charge in [-0.25, -0.2) is 9.80 Å². The van der Waals surface area contributed by atoms with Gasteiger partial charge in [0.1, 0.15) is 6.54 Å². The fourth-order valence-electron chi connectivity index (χ4n) is 2.05. The second kappa shape index (κ2) is 7.97. The van der Waals surface area contributed by atoms with Crippen LogP contribution in [0.15, 0.2) is 23.1 Å². The van der Waals surface area contributed by atoms with Crippen molar-refractivity contribution in [2.45, 2.75) is 25.2 Å². The summed E-state index contributed by atoms with van der Waals surface area (Å²) in [5, 5.41) is 14.1. The first-order chi connectivity index (χ1) is 11.8. The smallest absolute Gasteiger partial charge is 0.275 e. The Morgan fingerprint density at radius 3 is 2.72 bits per heavy atom. The van der Waals surface area contributed by atoms with Crippen LogP contribution in [0.4, 0.5) is 10.5 Å². The zero-order chi connectivity index (χ0) is 18.6. The van der Waals surface area contributed by atoms with Gasteiger partial charge in [0.25, 0.3) is 11.6 Å². The van der Waals surface area contributed by atoms with Crippen molar-refractivity contribution in [1.29, 1.82) is 0 Å². The molecule has 1 aliphatic heterocycles. The maximum Gasteiger partial charge on any atom is 0.343 e. The summed E-state index contributed by atoms with van der Waals surface area (Å²) in [6.45, 7) is 3.85. The van der Waals surface area contributed by atoms with E-state index in [0.29, 0.717) is 10.8 Å². The van der Waals surface area contributed by atoms with Crippen molar-refractivity contribution in [3.8, 4) is 0 Å². The van der Waals surface area contributed by atoms with Crippen molar-refractivity contribution < 1.29 is 19.3 Å². The summed E-state index contributed by atoms with van der Waals surface area (Å²) >= 11 is 1.37. The third-order valence-electron chi connectivity index (χ3n) is 3.40. The number of hydrogen-bond acceptors (Lipinski definition) is 6. The molecule has 134 valence electrons. The van der Waals surface area contributed by atoms with Crippen molar-refractivity contribution in [1.82, 2.24) is 15.8 Å². The molecule has 1 aliphatic rings. The monoisotopic (exact) mass is 366 g/mol. The van der Waals surface area contributed by atoms with E-state index >= 15 is 0 Å². The largest absolute Gasteiger partial charge is 0.343 e. The molecule has 25 heavy (non-hydrogen) atoms. The van der Waals surface area contributed by atoms with Gasteiger partial charge in [-0.15, -0.1) is 11.8 Å². The lowest BCUT2D eigenvalue weighted by Gasteiger charge is -2.14. The quantitative estimate of drug-likeness (QED) is 0.329. The highest BCUT2D eigenvalue weighted by atomic mass is 32.2. The number of nitro groups is 1. The minimum Gasteiger partial charge on any atom is -0.275 e. The molecular formula is C15H18N4O5S. The zero-order valence-corrected chi connectivity index (χ0v) is 14.6. The van der Waals surface area contributed by atoms with Crippen LogP contribution in [-0.2, 0) is 4.79 Å². The van der Waals surface area contributed by atoms with Crippen LogP contribution in [0.5, 0.6) is 0 Å². The van der Waals surface area contributed by atoms with Gasteiger partial charge < -0.3 is 0 Å². The number of hydrazine groups is 1. The Balaban J connectivity index is 2.12. The van der Waals surface area contributed by atoms with Crippen LogP contribution in [0.3, 0.4) is 0 Å². The van der Waals surface area contributed by atoms with Crippen LogP contribution < -0.4 is 10.7 Å². The average molecular weight is 366 g/mol. The van der Waals surface area contributed by atoms with Crippen LogP contribution in [0.1, 0.15) is 30.6 Å². The van der Waals surface area contributed by atoms with E-state index < -0.39 is 22.8 Å². The molecule has 0 unspecified atom stereocenters. The summed E-state index contributed by atoms with van der Waals surface area (Å²) in [6.07, 6.45) is 0.919. The first-order valence-electron chi connectivity index (χ1n) is 7.61. The molecule has 0 bridgehead atoms. The number of urea groups is 1. The molecule has 0 atom stereocenters. The van der Waals surface area contributed by atoms with Crippen LogP contribution in [0.25, 0.3) is 0 Å². The molecule has 4 amide bonds. The molecule has 9 nitrogen and oxygen atoms in total. The molecule has 1 heterocycles. The van der Waals surface area contributed by atoms with Crippen LogP contribution in [0.2, 0.25) is 0 Å². The summed E-state index contributed by atoms with van der Waals surface area (Å²) in [5.74, 6) is -0.00842. The van der Waals surface area contributed by atoms with E-state index in [1.807, 2.05) is 5.32 Å². The number of nitro benzene ring substituents is 1. The predicted molar refractivity (Wildman–Crippen MR) is 91.0 cm³/mol. The number of carbonyl (C=O) groups is 3. The lowest BCUT2D eigenvalue weighted by atomic mass is 10.2. The minimum absolute atomic E-state index is 0.0343. The van der Waals surface area contributed by atoms with Gasteiger partial charge in [0, 0.05) is 11.6 Å². The molecule has 1 saturated heterocycles. The second-order valence-corrected chi connectivity index (χ2v) is 6.99. The molecule has 2 N–H and O–H groups in total. The van der Waals surface area contributed by atoms with E-state index in [4.69, 9.17) is 0 Å². The second-order valence-electron chi connectivity index (χ2n) is 5.85. The maximum absolute atomic E-state index is 12.2. The normalized spacial score (nSPS) is 14.0. The van der Waals surface area contributed by atoms with Crippen molar-refractivity contribution >= 4 is 35.3 Å². The predicted octanol–water partition coefficient (Wildman–Crippen LogP) is 1.93. The number of hydrogen-bond donors (Lipinski definition) is 2. The average Bonchev–Trinajstić information content (AvgIpc) is 2.84. The highest BCUT2D eigenvalue weighted by Crippen LogP contribution is 2.31. The number of benzene rings is 1. The van der Waals surface area contributed by atoms with Crippen molar-refractivity contribution in [2.75, 3.05) is 12.3 Å². The molecule has 1 fully saturated rings. The van der Waals surface area contributed by atoms with Crippen LogP contribution in [0, 0.1) is 16.0 Å². The van der Waals surface area contributed by atoms with Crippen LogP contribution in [-0.4, -0.2) is 40.1 Å². The van der Waals surface area contributed by atoms with E-state index in [0.717, 1.165) is 17.2 Å². The molecule has 10 heteroatoms. The van der Waals surface area contributed by atoms with Gasteiger partial charge in [0.05, 0.1) is 9.82 Å². The van der Waals surface area contributed by atoms with Crippen molar-refractivity contribution in [2.24, 2.45) is 5.92 Å². The molecule has 2 rings (SSSR count). The van der Waals surface area contributed by atoms with Gasteiger partial charge >= 0.3 is 6.03 Å². The number of imide groups is 1. The third kappa shape index (κ3) is 4.92. The summed E-state index contributed by atoms with van der Waals surface area (Å²) in [4.78, 5) is 45.9. The van der Waals surface area contributed by atoms with Gasteiger partial charge in [0.2, 0.25) is 5.91 Å². The Labute approximate surface area is 148 Å². The molecule has 0 aromatic heterocycles. The van der Waals surface area contributed by atoms with Gasteiger partial charge in [-0.2, -0.15) is 0 Å². The number of thioether (sulfide) groups is 1. The van der Waals surface area contributed by atoms with Crippen LogP contribution >= 0.6 is 11.8 Å². The topological polar surface area (TPSA) is 122 Å². The van der Waals surface area contributed by atoms with Gasteiger partial charge in [-0.1, -0.05) is 13.8 Å². The van der Waals surface area contributed by atoms with E-state index in [9.17, 15) is 24.5 Å². The van der Waals surface area contributed by atoms with Gasteiger partial charge in [0.15, 0.2) is 0 Å². The molecular weight excluding hydrogens is 348 g/mol. The molecule has 0 spiro atoms. The van der Waals surface area contributed by atoms with E-state index in [1.54, 1.807) is 0 Å². The van der Waals surface area contributed by atoms with E-state index in [1.165, 1.54) is 30.0 Å². The number of nitrogens with zero attached hydrogens (tertiary/aromatic N) is 2. The Morgan fingerprint density at radius 2 is 2.16 bits per heavy atom. The molecule has 1 aromatic rings. The summed E-state index contributed by atoms with van der Waals surface area (Å²) in [5.41, 5.74) is 2.12. The number of carbonyl (C=O) groups excluding carboxylic acids is 3. The number of amides is 4. The number of nitrogens with one attached hydrogen (secondary N) is 2. The molecule has 0 radical (unpaired) electrons. The first-order valence-corrected chi connectivity index (χ1v) is 8.60. The minimum atomic E-state index is -0.742. The van der Waals surface area contributed by atoms with Crippen molar-refractivity contribution in [3.63, 3.8) is 0 Å². The highest BCUT2D eigenvalue weighted by molar-refractivity contribution is 7.99. The third-order valence-corrected chi connectivity index (χ3v) is 4.50. The Bertz CT molecular complexity index is 722. The molecule has 0 aliphatic carbocycles. The van der Waals surface area contributed by atoms with Crippen molar-refractivity contribution in [3.05, 3.63) is 33.9 Å². The van der Waals surface area contributed by atoms with Gasteiger partial charge in [-0.05, 0) is 30.2 Å². The Morgan fingerprint density at radius 1 is 1.44 bits per heavy atom. The summed E-state index contributed by atoms with van der Waals surface area (Å²) < 4.78 is 0. The summed E-state index contributed by atoms with van der Waals surface area (Å²) in [6, 6.07) is 3.40. The molecule has 0 saturated carbocycles. The Kier molecular flexibility index (Phi) is 5.97. The SMILES string of the molecule is CC(C)CCSc1ccc(C(=O)NN2CC(=O)NC2=O)cc1[N+](=O)[O-]. The lowest BCUT2D eigenvalue weighted by Crippen LogP contribution is -2.44. The first kappa shape index (κ1) is 18.7. The van der Waals surface area contributed by atoms with Gasteiger partial charge in [-0.3, -0.25) is 30.4 Å². The summed E-state index contributed by atoms with van der Waals surface area (Å²) in [7, 11) is 0. The fraction of sp³-hybridized carbons (Fsp3) is 0.400. The lowest BCUT2D eigenvalue weighted by molar-refractivity contribution is -0.387. The molecule has 1 aromatic carbocycles. The highest BCUT2D eigenvalue weighted by Gasteiger charge is 2.29. The van der Waals surface area contributed by atoms with E-state index in [2.05, 4.69) is 19.3 Å². The fourth-order valence-corrected chi connectivity index (χ4v) is 3.30.